The molecule has 0 heterocycles. The van der Waals surface area contributed by atoms with Gasteiger partial charge in [-0.2, -0.15) is 0 Å². The quantitative estimate of drug-likeness (QED) is 0.724. The fourth-order valence-electron chi connectivity index (χ4n) is 2.24. The van der Waals surface area contributed by atoms with Crippen molar-refractivity contribution in [3.63, 3.8) is 0 Å². The van der Waals surface area contributed by atoms with Gasteiger partial charge in [-0.25, -0.2) is 4.79 Å². The Bertz CT molecular complexity index is 822. The summed E-state index contributed by atoms with van der Waals surface area (Å²) in [6, 6.07) is 9.51. The van der Waals surface area contributed by atoms with Crippen LogP contribution >= 0.6 is 11.6 Å². The van der Waals surface area contributed by atoms with E-state index in [-0.39, 0.29) is 11.3 Å². The van der Waals surface area contributed by atoms with E-state index in [1.807, 2.05) is 0 Å². The molecule has 144 valence electrons. The van der Waals surface area contributed by atoms with Crippen LogP contribution in [0.2, 0.25) is 5.02 Å². The normalized spacial score (nSPS) is 11.3. The number of rotatable bonds is 7. The highest BCUT2D eigenvalue weighted by Crippen LogP contribution is 2.35. The maximum Gasteiger partial charge on any atom is 0.342 e. The molecule has 0 spiro atoms. The third kappa shape index (κ3) is 5.04. The first-order chi connectivity index (χ1) is 12.9. The number of carbonyl (C=O) groups excluding carboxylic acids is 2. The minimum atomic E-state index is -1.04. The number of esters is 1. The first-order valence-corrected chi connectivity index (χ1v) is 8.34. The highest BCUT2D eigenvalue weighted by Gasteiger charge is 2.23. The van der Waals surface area contributed by atoms with Crippen molar-refractivity contribution in [3.8, 4) is 17.2 Å². The zero-order valence-corrected chi connectivity index (χ0v) is 16.1. The van der Waals surface area contributed by atoms with E-state index in [0.29, 0.717) is 22.2 Å². The summed E-state index contributed by atoms with van der Waals surface area (Å²) < 4.78 is 20.8. The Morgan fingerprint density at radius 2 is 1.48 bits per heavy atom. The standard InChI is InChI=1S/C19H20ClNO6/c1-11(18(22)21-13-7-5-12(20)6-8-13)27-19(23)14-9-16(25-3)17(26-4)10-15(14)24-2/h5-11H,1-4H3,(H,21,22)/t11-/m0/s1. The molecule has 7 nitrogen and oxygen atoms in total. The fraction of sp³-hybridized carbons (Fsp3) is 0.263. The minimum absolute atomic E-state index is 0.112. The van der Waals surface area contributed by atoms with Crippen LogP contribution in [0.1, 0.15) is 17.3 Å². The fourth-order valence-corrected chi connectivity index (χ4v) is 2.37. The van der Waals surface area contributed by atoms with Crippen molar-refractivity contribution >= 4 is 29.2 Å². The monoisotopic (exact) mass is 393 g/mol. The second-order valence-electron chi connectivity index (χ2n) is 5.45. The van der Waals surface area contributed by atoms with Crippen molar-refractivity contribution in [2.45, 2.75) is 13.0 Å². The van der Waals surface area contributed by atoms with Crippen LogP contribution in [-0.2, 0) is 9.53 Å². The van der Waals surface area contributed by atoms with Gasteiger partial charge < -0.3 is 24.3 Å². The van der Waals surface area contributed by atoms with E-state index in [0.717, 1.165) is 0 Å². The summed E-state index contributed by atoms with van der Waals surface area (Å²) in [6.45, 7) is 1.47. The number of halogens is 1. The summed E-state index contributed by atoms with van der Waals surface area (Å²) in [5, 5.41) is 3.19. The SMILES string of the molecule is COc1cc(OC)c(C(=O)O[C@@H](C)C(=O)Nc2ccc(Cl)cc2)cc1OC. The smallest absolute Gasteiger partial charge is 0.342 e. The Morgan fingerprint density at radius 3 is 2.04 bits per heavy atom. The van der Waals surface area contributed by atoms with Gasteiger partial charge in [0.2, 0.25) is 0 Å². The number of anilines is 1. The van der Waals surface area contributed by atoms with E-state index < -0.39 is 18.0 Å². The lowest BCUT2D eigenvalue weighted by Crippen LogP contribution is -2.30. The van der Waals surface area contributed by atoms with Gasteiger partial charge in [0.1, 0.15) is 11.3 Å². The molecular formula is C19H20ClNO6. The molecule has 1 N–H and O–H groups in total. The maximum absolute atomic E-state index is 12.5. The molecule has 1 atom stereocenters. The van der Waals surface area contributed by atoms with Gasteiger partial charge in [-0.3, -0.25) is 4.79 Å². The number of benzene rings is 2. The first-order valence-electron chi connectivity index (χ1n) is 7.97. The van der Waals surface area contributed by atoms with E-state index in [9.17, 15) is 9.59 Å². The van der Waals surface area contributed by atoms with E-state index >= 15 is 0 Å². The van der Waals surface area contributed by atoms with Gasteiger partial charge >= 0.3 is 5.97 Å². The van der Waals surface area contributed by atoms with Gasteiger partial charge in [-0.1, -0.05) is 11.6 Å². The largest absolute Gasteiger partial charge is 0.496 e. The lowest BCUT2D eigenvalue weighted by atomic mass is 10.1. The number of hydrogen-bond donors (Lipinski definition) is 1. The molecule has 27 heavy (non-hydrogen) atoms. The Morgan fingerprint density at radius 1 is 0.926 bits per heavy atom. The highest BCUT2D eigenvalue weighted by atomic mass is 35.5. The molecule has 0 aliphatic rings. The van der Waals surface area contributed by atoms with Crippen molar-refractivity contribution in [2.75, 3.05) is 26.6 Å². The average molecular weight is 394 g/mol. The Labute approximate surface area is 162 Å². The third-order valence-corrected chi connectivity index (χ3v) is 3.94. The molecule has 0 fully saturated rings. The van der Waals surface area contributed by atoms with Gasteiger partial charge in [0, 0.05) is 22.8 Å². The zero-order chi connectivity index (χ0) is 20.0. The predicted molar refractivity (Wildman–Crippen MR) is 101 cm³/mol. The molecule has 0 unspecified atom stereocenters. The summed E-state index contributed by atoms with van der Waals surface area (Å²) in [6.07, 6.45) is -1.04. The molecule has 0 aliphatic heterocycles. The van der Waals surface area contributed by atoms with Crippen LogP contribution in [-0.4, -0.2) is 39.3 Å². The van der Waals surface area contributed by atoms with Crippen LogP contribution in [0.3, 0.4) is 0 Å². The molecule has 8 heteroatoms. The summed E-state index contributed by atoms with van der Waals surface area (Å²) >= 11 is 5.81. The zero-order valence-electron chi connectivity index (χ0n) is 15.4. The molecule has 0 bridgehead atoms. The van der Waals surface area contributed by atoms with Gasteiger partial charge in [0.25, 0.3) is 5.91 Å². The van der Waals surface area contributed by atoms with E-state index in [4.69, 9.17) is 30.5 Å². The number of carbonyl (C=O) groups is 2. The summed E-state index contributed by atoms with van der Waals surface area (Å²) in [7, 11) is 4.33. The Balaban J connectivity index is 2.13. The minimum Gasteiger partial charge on any atom is -0.496 e. The van der Waals surface area contributed by atoms with E-state index in [1.165, 1.54) is 40.4 Å². The molecular weight excluding hydrogens is 374 g/mol. The number of hydrogen-bond acceptors (Lipinski definition) is 6. The molecule has 0 radical (unpaired) electrons. The summed E-state index contributed by atoms with van der Waals surface area (Å²) in [5.74, 6) is -0.234. The van der Waals surface area contributed by atoms with Crippen molar-refractivity contribution in [1.82, 2.24) is 0 Å². The topological polar surface area (TPSA) is 83.1 Å². The van der Waals surface area contributed by atoms with Crippen molar-refractivity contribution < 1.29 is 28.5 Å². The molecule has 0 aliphatic carbocycles. The van der Waals surface area contributed by atoms with Crippen LogP contribution in [0.5, 0.6) is 17.2 Å². The van der Waals surface area contributed by atoms with Crippen molar-refractivity contribution in [2.24, 2.45) is 0 Å². The molecule has 0 aromatic heterocycles. The van der Waals surface area contributed by atoms with Gasteiger partial charge in [0.05, 0.1) is 21.3 Å². The van der Waals surface area contributed by atoms with Gasteiger partial charge in [-0.05, 0) is 31.2 Å². The molecule has 0 saturated carbocycles. The molecule has 2 rings (SSSR count). The highest BCUT2D eigenvalue weighted by molar-refractivity contribution is 6.30. The summed E-state index contributed by atoms with van der Waals surface area (Å²) in [5.41, 5.74) is 0.650. The van der Waals surface area contributed by atoms with E-state index in [1.54, 1.807) is 24.3 Å². The van der Waals surface area contributed by atoms with Gasteiger partial charge in [0.15, 0.2) is 17.6 Å². The number of amides is 1. The van der Waals surface area contributed by atoms with Crippen LogP contribution < -0.4 is 19.5 Å². The lowest BCUT2D eigenvalue weighted by Gasteiger charge is -2.16. The third-order valence-electron chi connectivity index (χ3n) is 3.69. The Hall–Kier alpha value is -2.93. The average Bonchev–Trinajstić information content (AvgIpc) is 2.68. The van der Waals surface area contributed by atoms with Crippen LogP contribution in [0, 0.1) is 0 Å². The molecule has 2 aromatic rings. The molecule has 0 saturated heterocycles. The summed E-state index contributed by atoms with van der Waals surface area (Å²) in [4.78, 5) is 24.8. The molecule has 1 amide bonds. The second kappa shape index (κ2) is 9.14. The first kappa shape index (κ1) is 20.4. The number of ether oxygens (including phenoxy) is 4. The second-order valence-corrected chi connectivity index (χ2v) is 5.89. The van der Waals surface area contributed by atoms with Gasteiger partial charge in [-0.15, -0.1) is 0 Å². The lowest BCUT2D eigenvalue weighted by molar-refractivity contribution is -0.123. The van der Waals surface area contributed by atoms with Crippen molar-refractivity contribution in [3.05, 3.63) is 47.0 Å². The van der Waals surface area contributed by atoms with Crippen molar-refractivity contribution in [1.29, 1.82) is 0 Å². The predicted octanol–water partition coefficient (Wildman–Crippen LogP) is 3.55. The van der Waals surface area contributed by atoms with Crippen LogP contribution in [0.4, 0.5) is 5.69 Å². The van der Waals surface area contributed by atoms with Crippen LogP contribution in [0.25, 0.3) is 0 Å². The number of nitrogens with one attached hydrogen (secondary N) is 1. The van der Waals surface area contributed by atoms with E-state index in [2.05, 4.69) is 5.32 Å². The van der Waals surface area contributed by atoms with Crippen LogP contribution in [0.15, 0.2) is 36.4 Å². The number of methoxy groups -OCH3 is 3. The Kier molecular flexibility index (Phi) is 6.90. The molecule has 2 aromatic carbocycles. The maximum atomic E-state index is 12.5.